The maximum Gasteiger partial charge on any atom is 0.311 e. The van der Waals surface area contributed by atoms with E-state index >= 15 is 0 Å². The van der Waals surface area contributed by atoms with E-state index in [0.29, 0.717) is 5.02 Å². The second-order valence-corrected chi connectivity index (χ2v) is 5.75. The van der Waals surface area contributed by atoms with Crippen LogP contribution < -0.4 is 0 Å². The van der Waals surface area contributed by atoms with Gasteiger partial charge in [0.1, 0.15) is 0 Å². The van der Waals surface area contributed by atoms with Crippen LogP contribution in [0.1, 0.15) is 30.7 Å². The minimum Gasteiger partial charge on any atom is -0.469 e. The van der Waals surface area contributed by atoms with Crippen LogP contribution in [0.3, 0.4) is 0 Å². The zero-order valence-electron chi connectivity index (χ0n) is 10.8. The average Bonchev–Trinajstić information content (AvgIpc) is 2.80. The Hall–Kier alpha value is -1.06. The first-order valence-electron chi connectivity index (χ1n) is 6.68. The number of carbonyl (C=O) groups excluding carboxylic acids is 1. The van der Waals surface area contributed by atoms with Crippen LogP contribution in [0.25, 0.3) is 0 Å². The predicted molar refractivity (Wildman–Crippen MR) is 72.2 cm³/mol. The molecule has 3 nitrogen and oxygen atoms in total. The molecule has 0 N–H and O–H groups in total. The fourth-order valence-corrected chi connectivity index (χ4v) is 3.49. The molecule has 2 bridgehead atoms. The van der Waals surface area contributed by atoms with Crippen LogP contribution in [0, 0.1) is 5.92 Å². The Balaban J connectivity index is 1.92. The van der Waals surface area contributed by atoms with Crippen LogP contribution in [0.2, 0.25) is 5.02 Å². The van der Waals surface area contributed by atoms with Crippen molar-refractivity contribution in [3.8, 4) is 0 Å². The van der Waals surface area contributed by atoms with Crippen molar-refractivity contribution in [2.75, 3.05) is 7.11 Å². The summed E-state index contributed by atoms with van der Waals surface area (Å²) >= 11 is 5.93. The average molecular weight is 281 g/mol. The fourth-order valence-electron chi connectivity index (χ4n) is 3.37. The van der Waals surface area contributed by atoms with E-state index in [1.54, 1.807) is 0 Å². The molecule has 4 heteroatoms. The summed E-state index contributed by atoms with van der Waals surface area (Å²) in [5.41, 5.74) is 1.15. The van der Waals surface area contributed by atoms with Crippen molar-refractivity contribution in [1.82, 2.24) is 0 Å². The molecule has 0 aromatic heterocycles. The van der Waals surface area contributed by atoms with E-state index in [0.717, 1.165) is 24.8 Å². The smallest absolute Gasteiger partial charge is 0.311 e. The number of halogens is 1. The van der Waals surface area contributed by atoms with E-state index in [4.69, 9.17) is 21.1 Å². The second kappa shape index (κ2) is 5.14. The fraction of sp³-hybridized carbons (Fsp3) is 0.533. The van der Waals surface area contributed by atoms with E-state index in [1.165, 1.54) is 7.11 Å². The number of hydrogen-bond acceptors (Lipinski definition) is 3. The molecule has 2 heterocycles. The number of hydrogen-bond donors (Lipinski definition) is 0. The van der Waals surface area contributed by atoms with Crippen LogP contribution >= 0.6 is 11.6 Å². The molecule has 2 aliphatic rings. The molecule has 2 saturated heterocycles. The van der Waals surface area contributed by atoms with Crippen LogP contribution in [-0.4, -0.2) is 25.3 Å². The van der Waals surface area contributed by atoms with Crippen molar-refractivity contribution >= 4 is 17.6 Å². The van der Waals surface area contributed by atoms with Gasteiger partial charge < -0.3 is 9.47 Å². The first-order chi connectivity index (χ1) is 9.19. The maximum atomic E-state index is 12.1. The number of ether oxygens (including phenoxy) is 2. The summed E-state index contributed by atoms with van der Waals surface area (Å²) in [5, 5.41) is 0.716. The zero-order valence-corrected chi connectivity index (χ0v) is 11.6. The van der Waals surface area contributed by atoms with Gasteiger partial charge in [-0.25, -0.2) is 0 Å². The van der Waals surface area contributed by atoms with Gasteiger partial charge in [0, 0.05) is 10.9 Å². The molecule has 3 rings (SSSR count). The normalized spacial score (nSPS) is 33.2. The van der Waals surface area contributed by atoms with Gasteiger partial charge in [0.2, 0.25) is 0 Å². The first kappa shape index (κ1) is 12.9. The number of esters is 1. The highest BCUT2D eigenvalue weighted by molar-refractivity contribution is 6.30. The summed E-state index contributed by atoms with van der Waals surface area (Å²) in [4.78, 5) is 12.1. The summed E-state index contributed by atoms with van der Waals surface area (Å²) in [6.45, 7) is 0. The highest BCUT2D eigenvalue weighted by Gasteiger charge is 2.47. The Bertz CT molecular complexity index is 471. The van der Waals surface area contributed by atoms with Gasteiger partial charge in [-0.2, -0.15) is 0 Å². The zero-order chi connectivity index (χ0) is 13.4. The lowest BCUT2D eigenvalue weighted by molar-refractivity contribution is -0.156. The van der Waals surface area contributed by atoms with Crippen molar-refractivity contribution in [1.29, 1.82) is 0 Å². The van der Waals surface area contributed by atoms with Gasteiger partial charge in [0.25, 0.3) is 0 Å². The highest BCUT2D eigenvalue weighted by atomic mass is 35.5. The Labute approximate surface area is 117 Å². The van der Waals surface area contributed by atoms with Crippen LogP contribution in [0.15, 0.2) is 24.3 Å². The highest BCUT2D eigenvalue weighted by Crippen LogP contribution is 2.45. The molecule has 1 aromatic carbocycles. The van der Waals surface area contributed by atoms with Gasteiger partial charge in [0.15, 0.2) is 0 Å². The SMILES string of the molecule is COC(=O)[C@@H]1C2CCC(C[C@@H]1c1ccc(Cl)cc1)O2. The van der Waals surface area contributed by atoms with E-state index in [2.05, 4.69) is 0 Å². The standard InChI is InChI=1S/C15H17ClO3/c1-18-15(17)14-12(8-11-6-7-13(14)19-11)9-2-4-10(16)5-3-9/h2-5,11-14H,6-8H2,1H3/t11?,12-,13?,14+/m1/s1. The van der Waals surface area contributed by atoms with Gasteiger partial charge in [-0.1, -0.05) is 23.7 Å². The molecular formula is C15H17ClO3. The molecule has 19 heavy (non-hydrogen) atoms. The molecule has 102 valence electrons. The van der Waals surface area contributed by atoms with Crippen LogP contribution in [0.5, 0.6) is 0 Å². The van der Waals surface area contributed by atoms with Crippen molar-refractivity contribution in [3.05, 3.63) is 34.9 Å². The van der Waals surface area contributed by atoms with E-state index in [-0.39, 0.29) is 30.0 Å². The summed E-state index contributed by atoms with van der Waals surface area (Å²) < 4.78 is 10.9. The van der Waals surface area contributed by atoms with E-state index in [9.17, 15) is 4.79 Å². The summed E-state index contributed by atoms with van der Waals surface area (Å²) in [6.07, 6.45) is 3.17. The molecule has 1 aromatic rings. The predicted octanol–water partition coefficient (Wildman–Crippen LogP) is 3.16. The van der Waals surface area contributed by atoms with Gasteiger partial charge in [0.05, 0.1) is 25.2 Å². The largest absolute Gasteiger partial charge is 0.469 e. The van der Waals surface area contributed by atoms with Gasteiger partial charge in [-0.3, -0.25) is 4.79 Å². The summed E-state index contributed by atoms with van der Waals surface area (Å²) in [7, 11) is 1.45. The summed E-state index contributed by atoms with van der Waals surface area (Å²) in [5.74, 6) is -0.175. The number of methoxy groups -OCH3 is 1. The van der Waals surface area contributed by atoms with Gasteiger partial charge in [-0.05, 0) is 37.0 Å². The molecule has 0 amide bonds. The number of rotatable bonds is 2. The minimum absolute atomic E-state index is 0.00637. The molecule has 2 unspecified atom stereocenters. The lowest BCUT2D eigenvalue weighted by Gasteiger charge is -2.35. The minimum atomic E-state index is -0.190. The summed E-state index contributed by atoms with van der Waals surface area (Å²) in [6, 6.07) is 7.77. The Morgan fingerprint density at radius 3 is 2.74 bits per heavy atom. The lowest BCUT2D eigenvalue weighted by atomic mass is 9.79. The van der Waals surface area contributed by atoms with Crippen molar-refractivity contribution in [2.24, 2.45) is 5.92 Å². The molecule has 0 aliphatic carbocycles. The molecule has 0 spiro atoms. The van der Waals surface area contributed by atoms with Crippen LogP contribution in [0.4, 0.5) is 0 Å². The molecule has 4 atom stereocenters. The molecule has 2 fully saturated rings. The van der Waals surface area contributed by atoms with Gasteiger partial charge in [-0.15, -0.1) is 0 Å². The number of fused-ring (bicyclic) bond motifs is 2. The number of benzene rings is 1. The second-order valence-electron chi connectivity index (χ2n) is 5.32. The van der Waals surface area contributed by atoms with Gasteiger partial charge >= 0.3 is 5.97 Å². The maximum absolute atomic E-state index is 12.1. The molecule has 0 radical (unpaired) electrons. The molecular weight excluding hydrogens is 264 g/mol. The Morgan fingerprint density at radius 1 is 1.32 bits per heavy atom. The topological polar surface area (TPSA) is 35.5 Å². The third kappa shape index (κ3) is 2.37. The molecule has 0 saturated carbocycles. The molecule has 2 aliphatic heterocycles. The quantitative estimate of drug-likeness (QED) is 0.781. The van der Waals surface area contributed by atoms with E-state index < -0.39 is 0 Å². The van der Waals surface area contributed by atoms with Crippen molar-refractivity contribution < 1.29 is 14.3 Å². The van der Waals surface area contributed by atoms with E-state index in [1.807, 2.05) is 24.3 Å². The first-order valence-corrected chi connectivity index (χ1v) is 7.05. The number of carbonyl (C=O) groups is 1. The van der Waals surface area contributed by atoms with Crippen molar-refractivity contribution in [3.63, 3.8) is 0 Å². The lowest BCUT2D eigenvalue weighted by Crippen LogP contribution is -2.39. The third-order valence-electron chi connectivity index (χ3n) is 4.26. The Morgan fingerprint density at radius 2 is 2.05 bits per heavy atom. The van der Waals surface area contributed by atoms with Crippen molar-refractivity contribution in [2.45, 2.75) is 37.4 Å². The monoisotopic (exact) mass is 280 g/mol. The van der Waals surface area contributed by atoms with Crippen LogP contribution in [-0.2, 0) is 14.3 Å². The third-order valence-corrected chi connectivity index (χ3v) is 4.51. The Kier molecular flexibility index (Phi) is 3.50.